The molecule has 0 aliphatic heterocycles. The van der Waals surface area contributed by atoms with Crippen LogP contribution in [0.5, 0.6) is 0 Å². The van der Waals surface area contributed by atoms with Crippen LogP contribution in [0.15, 0.2) is 0 Å². The van der Waals surface area contributed by atoms with Gasteiger partial charge in [0.15, 0.2) is 0 Å². The Kier molecular flexibility index (Phi) is 3.62. The van der Waals surface area contributed by atoms with Gasteiger partial charge in [0.25, 0.3) is 0 Å². The third-order valence-electron chi connectivity index (χ3n) is 6.09. The monoisotopic (exact) mass is 300 g/mol. The van der Waals surface area contributed by atoms with Gasteiger partial charge < -0.3 is 20.4 Å². The van der Waals surface area contributed by atoms with E-state index in [1.54, 1.807) is 13.8 Å². The molecule has 21 heavy (non-hydrogen) atoms. The third-order valence-corrected chi connectivity index (χ3v) is 6.09. The second-order valence-corrected chi connectivity index (χ2v) is 7.38. The van der Waals surface area contributed by atoms with Crippen molar-refractivity contribution in [2.45, 2.75) is 58.2 Å². The minimum Gasteiger partial charge on any atom is -0.481 e. The van der Waals surface area contributed by atoms with E-state index in [0.717, 1.165) is 0 Å². The minimum atomic E-state index is -1.76. The molecular formula is C15H24O6. The average molecular weight is 300 g/mol. The van der Waals surface area contributed by atoms with Gasteiger partial charge >= 0.3 is 11.9 Å². The largest absolute Gasteiger partial charge is 0.481 e. The fourth-order valence-electron chi connectivity index (χ4n) is 4.90. The van der Waals surface area contributed by atoms with Crippen LogP contribution in [0.3, 0.4) is 0 Å². The Morgan fingerprint density at radius 2 is 1.67 bits per heavy atom. The number of aliphatic hydroxyl groups is 2. The molecule has 0 radical (unpaired) electrons. The van der Waals surface area contributed by atoms with Crippen molar-refractivity contribution in [3.05, 3.63) is 0 Å². The number of hydrogen-bond donors (Lipinski definition) is 4. The van der Waals surface area contributed by atoms with E-state index in [2.05, 4.69) is 0 Å². The van der Waals surface area contributed by atoms with Crippen LogP contribution >= 0.6 is 0 Å². The molecule has 6 atom stereocenters. The molecule has 0 aromatic rings. The molecule has 2 aliphatic rings. The van der Waals surface area contributed by atoms with Crippen LogP contribution in [0.2, 0.25) is 0 Å². The van der Waals surface area contributed by atoms with E-state index in [1.807, 2.05) is 0 Å². The van der Waals surface area contributed by atoms with Gasteiger partial charge in [-0.3, -0.25) is 9.59 Å². The molecule has 0 saturated heterocycles. The fourth-order valence-corrected chi connectivity index (χ4v) is 4.90. The molecule has 2 aliphatic carbocycles. The average Bonchev–Trinajstić information content (AvgIpc) is 2.31. The first-order valence-electron chi connectivity index (χ1n) is 7.34. The molecule has 0 aromatic heterocycles. The molecule has 0 aromatic carbocycles. The van der Waals surface area contributed by atoms with Crippen LogP contribution in [-0.4, -0.2) is 44.1 Å². The third kappa shape index (κ3) is 2.07. The minimum absolute atomic E-state index is 0.107. The number of carboxylic acids is 2. The topological polar surface area (TPSA) is 115 Å². The summed E-state index contributed by atoms with van der Waals surface area (Å²) in [5.74, 6) is -3.80. The smallest absolute Gasteiger partial charge is 0.310 e. The lowest BCUT2D eigenvalue weighted by molar-refractivity contribution is -0.230. The normalized spacial score (nSPS) is 50.2. The molecule has 2 fully saturated rings. The maximum atomic E-state index is 11.7. The summed E-state index contributed by atoms with van der Waals surface area (Å²) >= 11 is 0. The zero-order chi connectivity index (χ0) is 16.2. The zero-order valence-electron chi connectivity index (χ0n) is 12.7. The SMILES string of the molecule is C[C@@]1(O)[C@H](O)C[C@@H]2[C@@](C)(CCC[C@]2(C)C(=O)O)[C@H]1C(=O)O. The molecular weight excluding hydrogens is 276 g/mol. The van der Waals surface area contributed by atoms with Crippen molar-refractivity contribution in [3.8, 4) is 0 Å². The lowest BCUT2D eigenvalue weighted by Crippen LogP contribution is -2.66. The lowest BCUT2D eigenvalue weighted by Gasteiger charge is -2.60. The Hall–Kier alpha value is -1.14. The summed E-state index contributed by atoms with van der Waals surface area (Å²) in [6, 6.07) is 0. The number of rotatable bonds is 2. The van der Waals surface area contributed by atoms with E-state index < -0.39 is 46.3 Å². The van der Waals surface area contributed by atoms with E-state index in [-0.39, 0.29) is 6.42 Å². The molecule has 2 saturated carbocycles. The predicted molar refractivity (Wildman–Crippen MR) is 73.6 cm³/mol. The number of fused-ring (bicyclic) bond motifs is 1. The number of aliphatic hydroxyl groups excluding tert-OH is 1. The predicted octanol–water partition coefficient (Wildman–Crippen LogP) is 1.10. The van der Waals surface area contributed by atoms with E-state index >= 15 is 0 Å². The van der Waals surface area contributed by atoms with E-state index in [9.17, 15) is 30.0 Å². The highest BCUT2D eigenvalue weighted by Crippen LogP contribution is 2.62. The van der Waals surface area contributed by atoms with Gasteiger partial charge in [-0.05, 0) is 44.4 Å². The summed E-state index contributed by atoms with van der Waals surface area (Å²) in [4.78, 5) is 23.5. The Morgan fingerprint density at radius 1 is 1.10 bits per heavy atom. The van der Waals surface area contributed by atoms with Gasteiger partial charge in [-0.2, -0.15) is 0 Å². The molecule has 0 amide bonds. The van der Waals surface area contributed by atoms with Gasteiger partial charge in [-0.1, -0.05) is 13.3 Å². The molecule has 0 bridgehead atoms. The van der Waals surface area contributed by atoms with Crippen molar-refractivity contribution >= 4 is 11.9 Å². The molecule has 4 N–H and O–H groups in total. The number of carboxylic acid groups (broad SMARTS) is 2. The van der Waals surface area contributed by atoms with Gasteiger partial charge in [0.05, 0.1) is 17.4 Å². The first-order chi connectivity index (χ1) is 9.48. The highest BCUT2D eigenvalue weighted by molar-refractivity contribution is 5.77. The Labute approximate surface area is 123 Å². The first-order valence-corrected chi connectivity index (χ1v) is 7.34. The maximum absolute atomic E-state index is 11.7. The van der Waals surface area contributed by atoms with Crippen molar-refractivity contribution in [3.63, 3.8) is 0 Å². The molecule has 0 heterocycles. The molecule has 120 valence electrons. The Morgan fingerprint density at radius 3 is 2.14 bits per heavy atom. The van der Waals surface area contributed by atoms with Crippen molar-refractivity contribution in [2.75, 3.05) is 0 Å². The van der Waals surface area contributed by atoms with Crippen molar-refractivity contribution < 1.29 is 30.0 Å². The molecule has 0 spiro atoms. The van der Waals surface area contributed by atoms with Crippen LogP contribution in [0.4, 0.5) is 0 Å². The number of carbonyl (C=O) groups is 2. The summed E-state index contributed by atoms with van der Waals surface area (Å²) in [6.45, 7) is 4.71. The van der Waals surface area contributed by atoms with E-state index in [4.69, 9.17) is 0 Å². The summed E-state index contributed by atoms with van der Waals surface area (Å²) < 4.78 is 0. The van der Waals surface area contributed by atoms with Gasteiger partial charge in [-0.15, -0.1) is 0 Å². The summed E-state index contributed by atoms with van der Waals surface area (Å²) in [6.07, 6.45) is 0.472. The fraction of sp³-hybridized carbons (Fsp3) is 0.867. The van der Waals surface area contributed by atoms with E-state index in [0.29, 0.717) is 19.3 Å². The van der Waals surface area contributed by atoms with Gasteiger partial charge in [-0.25, -0.2) is 0 Å². The zero-order valence-corrected chi connectivity index (χ0v) is 12.7. The van der Waals surface area contributed by atoms with Crippen LogP contribution in [0.25, 0.3) is 0 Å². The molecule has 6 nitrogen and oxygen atoms in total. The maximum Gasteiger partial charge on any atom is 0.310 e. The van der Waals surface area contributed by atoms with Crippen molar-refractivity contribution in [1.29, 1.82) is 0 Å². The highest BCUT2D eigenvalue weighted by atomic mass is 16.4. The quantitative estimate of drug-likeness (QED) is 0.607. The molecule has 6 heteroatoms. The molecule has 0 unspecified atom stereocenters. The van der Waals surface area contributed by atoms with Crippen LogP contribution in [-0.2, 0) is 9.59 Å². The second kappa shape index (κ2) is 4.68. The standard InChI is InChI=1S/C15H24O6/c1-13-5-4-6-14(2,12(19)20)8(13)7-9(16)15(3,21)10(13)11(17)18/h8-10,16,21H,4-7H2,1-3H3,(H,17,18)(H,19,20)/t8-,9-,10-,13-,14+,15-/m1/s1. The lowest BCUT2D eigenvalue weighted by atomic mass is 9.44. The summed E-state index contributed by atoms with van der Waals surface area (Å²) in [5, 5.41) is 39.9. The second-order valence-electron chi connectivity index (χ2n) is 7.38. The van der Waals surface area contributed by atoms with Crippen molar-refractivity contribution in [2.24, 2.45) is 22.7 Å². The molecule has 2 rings (SSSR count). The van der Waals surface area contributed by atoms with Gasteiger partial charge in [0.1, 0.15) is 5.60 Å². The number of aliphatic carboxylic acids is 2. The highest BCUT2D eigenvalue weighted by Gasteiger charge is 2.66. The first kappa shape index (κ1) is 16.2. The Balaban J connectivity index is 2.57. The van der Waals surface area contributed by atoms with Gasteiger partial charge in [0, 0.05) is 0 Å². The summed E-state index contributed by atoms with van der Waals surface area (Å²) in [7, 11) is 0. The van der Waals surface area contributed by atoms with Crippen molar-refractivity contribution in [1.82, 2.24) is 0 Å². The summed E-state index contributed by atoms with van der Waals surface area (Å²) in [5.41, 5.74) is -3.67. The van der Waals surface area contributed by atoms with Crippen LogP contribution in [0.1, 0.15) is 46.5 Å². The van der Waals surface area contributed by atoms with Crippen LogP contribution in [0, 0.1) is 22.7 Å². The van der Waals surface area contributed by atoms with E-state index in [1.165, 1.54) is 6.92 Å². The van der Waals surface area contributed by atoms with Crippen LogP contribution < -0.4 is 0 Å². The number of hydrogen-bond acceptors (Lipinski definition) is 4. The van der Waals surface area contributed by atoms with Gasteiger partial charge in [0.2, 0.25) is 0 Å². The Bertz CT molecular complexity index is 473.